The Kier molecular flexibility index (Phi) is 8.34. The Bertz CT molecular complexity index is 993. The molecule has 0 saturated carbocycles. The summed E-state index contributed by atoms with van der Waals surface area (Å²) in [7, 11) is 1.60. The summed E-state index contributed by atoms with van der Waals surface area (Å²) in [5, 5.41) is 12.2. The maximum Gasteiger partial charge on any atom is 0.258 e. The van der Waals surface area contributed by atoms with Gasteiger partial charge in [-0.05, 0) is 36.4 Å². The molecular formula is C21H28N6O3S. The number of thioether (sulfide) groups is 1. The molecule has 2 heterocycles. The summed E-state index contributed by atoms with van der Waals surface area (Å²) in [4.78, 5) is 21.4. The number of hydrogen-bond acceptors (Lipinski definition) is 8. The number of aromatic nitrogens is 4. The molecule has 0 aliphatic heterocycles. The summed E-state index contributed by atoms with van der Waals surface area (Å²) in [5.41, 5.74) is 0.758. The average molecular weight is 445 g/mol. The van der Waals surface area contributed by atoms with E-state index in [1.165, 1.54) is 0 Å². The van der Waals surface area contributed by atoms with Gasteiger partial charge in [0.15, 0.2) is 17.4 Å². The van der Waals surface area contributed by atoms with E-state index in [0.717, 1.165) is 41.3 Å². The van der Waals surface area contributed by atoms with Crippen molar-refractivity contribution < 1.29 is 14.3 Å². The molecule has 9 nitrogen and oxygen atoms in total. The van der Waals surface area contributed by atoms with Crippen LogP contribution in [0.5, 0.6) is 11.5 Å². The molecule has 3 rings (SSSR count). The van der Waals surface area contributed by atoms with E-state index in [4.69, 9.17) is 9.47 Å². The minimum atomic E-state index is -0.200. The Labute approximate surface area is 185 Å². The number of benzene rings is 1. The second-order valence-electron chi connectivity index (χ2n) is 6.63. The van der Waals surface area contributed by atoms with Crippen molar-refractivity contribution in [2.45, 2.75) is 32.0 Å². The highest BCUT2D eigenvalue weighted by molar-refractivity contribution is 7.99. The van der Waals surface area contributed by atoms with Crippen LogP contribution in [0.3, 0.4) is 0 Å². The van der Waals surface area contributed by atoms with Gasteiger partial charge in [0.25, 0.3) is 5.91 Å². The predicted octanol–water partition coefficient (Wildman–Crippen LogP) is 2.96. The number of carbonyl (C=O) groups is 1. The average Bonchev–Trinajstić information content (AvgIpc) is 3.19. The number of ether oxygens (including phenoxy) is 2. The maximum absolute atomic E-state index is 12.1. The van der Waals surface area contributed by atoms with Gasteiger partial charge in [0.1, 0.15) is 17.3 Å². The largest absolute Gasteiger partial charge is 0.497 e. The van der Waals surface area contributed by atoms with Crippen molar-refractivity contribution in [1.29, 1.82) is 0 Å². The first-order valence-electron chi connectivity index (χ1n) is 10.3. The third-order valence-corrected chi connectivity index (χ3v) is 5.10. The van der Waals surface area contributed by atoms with Crippen molar-refractivity contribution in [2.24, 2.45) is 0 Å². The van der Waals surface area contributed by atoms with Crippen LogP contribution in [0.2, 0.25) is 0 Å². The summed E-state index contributed by atoms with van der Waals surface area (Å²) in [6.07, 6.45) is 2.77. The molecule has 2 N–H and O–H groups in total. The molecular weight excluding hydrogens is 416 g/mol. The summed E-state index contributed by atoms with van der Waals surface area (Å²) >= 11 is 1.59. The normalized spacial score (nSPS) is 10.8. The lowest BCUT2D eigenvalue weighted by Gasteiger charge is -2.10. The molecule has 0 saturated heterocycles. The van der Waals surface area contributed by atoms with Crippen molar-refractivity contribution in [2.75, 3.05) is 37.9 Å². The lowest BCUT2D eigenvalue weighted by atomic mass is 10.3. The van der Waals surface area contributed by atoms with Crippen LogP contribution in [-0.2, 0) is 11.3 Å². The number of methoxy groups -OCH3 is 1. The molecule has 1 aromatic carbocycles. The number of hydrogen-bond donors (Lipinski definition) is 2. The highest BCUT2D eigenvalue weighted by atomic mass is 32.2. The Morgan fingerprint density at radius 3 is 2.61 bits per heavy atom. The topological polar surface area (TPSA) is 103 Å². The van der Waals surface area contributed by atoms with Crippen molar-refractivity contribution in [3.8, 4) is 11.5 Å². The van der Waals surface area contributed by atoms with E-state index in [0.29, 0.717) is 24.0 Å². The highest BCUT2D eigenvalue weighted by Gasteiger charge is 2.13. The molecule has 166 valence electrons. The van der Waals surface area contributed by atoms with Gasteiger partial charge in [-0.3, -0.25) is 4.79 Å². The molecule has 2 aromatic heterocycles. The van der Waals surface area contributed by atoms with Crippen LogP contribution < -0.4 is 20.1 Å². The second kappa shape index (κ2) is 11.4. The van der Waals surface area contributed by atoms with Gasteiger partial charge in [0.05, 0.1) is 25.2 Å². The van der Waals surface area contributed by atoms with E-state index < -0.39 is 0 Å². The molecule has 0 aliphatic carbocycles. The van der Waals surface area contributed by atoms with Gasteiger partial charge >= 0.3 is 0 Å². The third-order valence-electron chi connectivity index (χ3n) is 4.37. The van der Waals surface area contributed by atoms with Crippen LogP contribution in [0.1, 0.15) is 20.3 Å². The van der Waals surface area contributed by atoms with Gasteiger partial charge in [-0.2, -0.15) is 5.10 Å². The lowest BCUT2D eigenvalue weighted by molar-refractivity contribution is -0.123. The van der Waals surface area contributed by atoms with Crippen molar-refractivity contribution >= 4 is 34.5 Å². The van der Waals surface area contributed by atoms with Gasteiger partial charge < -0.3 is 20.1 Å². The number of nitrogens with zero attached hydrogens (tertiary/aromatic N) is 4. The van der Waals surface area contributed by atoms with E-state index in [-0.39, 0.29) is 12.5 Å². The van der Waals surface area contributed by atoms with Crippen LogP contribution in [0.15, 0.2) is 35.6 Å². The zero-order valence-corrected chi connectivity index (χ0v) is 18.9. The molecule has 0 fully saturated rings. The molecule has 0 spiro atoms. The zero-order chi connectivity index (χ0) is 22.1. The first kappa shape index (κ1) is 22.7. The van der Waals surface area contributed by atoms with Crippen molar-refractivity contribution in [1.82, 2.24) is 25.1 Å². The maximum atomic E-state index is 12.1. The van der Waals surface area contributed by atoms with Gasteiger partial charge in [0.2, 0.25) is 0 Å². The van der Waals surface area contributed by atoms with E-state index in [2.05, 4.69) is 39.5 Å². The van der Waals surface area contributed by atoms with Gasteiger partial charge in [-0.15, -0.1) is 0 Å². The number of nitrogens with one attached hydrogen (secondary N) is 2. The summed E-state index contributed by atoms with van der Waals surface area (Å²) in [6.45, 7) is 5.86. The molecule has 10 heteroatoms. The fraction of sp³-hybridized carbons (Fsp3) is 0.429. The molecule has 0 radical (unpaired) electrons. The Hall–Kier alpha value is -3.01. The molecule has 0 bridgehead atoms. The Balaban J connectivity index is 1.57. The molecule has 31 heavy (non-hydrogen) atoms. The number of rotatable bonds is 12. The van der Waals surface area contributed by atoms with Gasteiger partial charge in [0, 0.05) is 13.1 Å². The van der Waals surface area contributed by atoms with E-state index >= 15 is 0 Å². The number of carbonyl (C=O) groups excluding carboxylic acids is 1. The fourth-order valence-electron chi connectivity index (χ4n) is 2.84. The Morgan fingerprint density at radius 1 is 1.13 bits per heavy atom. The van der Waals surface area contributed by atoms with Crippen LogP contribution >= 0.6 is 11.8 Å². The van der Waals surface area contributed by atoms with Crippen molar-refractivity contribution in [3.05, 3.63) is 30.5 Å². The predicted molar refractivity (Wildman–Crippen MR) is 122 cm³/mol. The minimum Gasteiger partial charge on any atom is -0.497 e. The number of anilines is 1. The fourth-order valence-corrected chi connectivity index (χ4v) is 3.41. The monoisotopic (exact) mass is 444 g/mol. The minimum absolute atomic E-state index is 0.0588. The van der Waals surface area contributed by atoms with Crippen molar-refractivity contribution in [3.63, 3.8) is 0 Å². The van der Waals surface area contributed by atoms with E-state index in [9.17, 15) is 4.79 Å². The quantitative estimate of drug-likeness (QED) is 0.325. The molecule has 0 aliphatic rings. The zero-order valence-electron chi connectivity index (χ0n) is 18.1. The van der Waals surface area contributed by atoms with E-state index in [1.54, 1.807) is 54.0 Å². The SMILES string of the molecule is CCCNc1nc(SCC)nc2c1cnn2CCNC(=O)COc1ccc(OC)cc1. The van der Waals surface area contributed by atoms with Gasteiger partial charge in [-0.25, -0.2) is 14.6 Å². The molecule has 0 unspecified atom stereocenters. The smallest absolute Gasteiger partial charge is 0.258 e. The first-order chi connectivity index (χ1) is 15.1. The summed E-state index contributed by atoms with van der Waals surface area (Å²) < 4.78 is 12.4. The van der Waals surface area contributed by atoms with Crippen LogP contribution in [-0.4, -0.2) is 58.2 Å². The van der Waals surface area contributed by atoms with Crippen LogP contribution in [0.25, 0.3) is 11.0 Å². The summed E-state index contributed by atoms with van der Waals surface area (Å²) in [6, 6.07) is 7.09. The Morgan fingerprint density at radius 2 is 1.90 bits per heavy atom. The summed E-state index contributed by atoms with van der Waals surface area (Å²) in [5.74, 6) is 2.83. The van der Waals surface area contributed by atoms with Gasteiger partial charge in [-0.1, -0.05) is 25.6 Å². The molecule has 0 atom stereocenters. The molecule has 3 aromatic rings. The third kappa shape index (κ3) is 6.24. The highest BCUT2D eigenvalue weighted by Crippen LogP contribution is 2.24. The first-order valence-corrected chi connectivity index (χ1v) is 11.3. The molecule has 1 amide bonds. The van der Waals surface area contributed by atoms with E-state index in [1.807, 2.05) is 0 Å². The number of fused-ring (bicyclic) bond motifs is 1. The number of amides is 1. The van der Waals surface area contributed by atoms with Crippen LogP contribution in [0.4, 0.5) is 5.82 Å². The van der Waals surface area contributed by atoms with Crippen LogP contribution in [0, 0.1) is 0 Å². The second-order valence-corrected chi connectivity index (χ2v) is 7.86. The standard InChI is InChI=1S/C21H28N6O3S/c1-4-10-23-19-17-13-24-27(20(17)26-21(25-19)31-5-2)12-11-22-18(28)14-30-16-8-6-15(29-3)7-9-16/h6-9,13H,4-5,10-12,14H2,1-3H3,(H,22,28)(H,23,25,26). The lowest BCUT2D eigenvalue weighted by Crippen LogP contribution is -2.31.